The second-order valence-electron chi connectivity index (χ2n) is 4.61. The Morgan fingerprint density at radius 1 is 0.667 bits per heavy atom. The molecule has 0 aromatic rings. The third-order valence-corrected chi connectivity index (χ3v) is 2.33. The molecule has 0 atom stereocenters. The van der Waals surface area contributed by atoms with Gasteiger partial charge in [-0.1, -0.05) is 10.4 Å². The van der Waals surface area contributed by atoms with E-state index < -0.39 is 0 Å². The lowest BCUT2D eigenvalue weighted by Crippen LogP contribution is -2.29. The molecule has 8 heteroatoms. The van der Waals surface area contributed by atoms with Gasteiger partial charge in [0.15, 0.2) is 0 Å². The molecule has 18 heavy (non-hydrogen) atoms. The summed E-state index contributed by atoms with van der Waals surface area (Å²) in [6.07, 6.45) is 1.93. The van der Waals surface area contributed by atoms with E-state index in [4.69, 9.17) is 11.7 Å². The van der Waals surface area contributed by atoms with Crippen molar-refractivity contribution in [2.24, 2.45) is 22.1 Å². The average molecular weight is 260 g/mol. The Kier molecular flexibility index (Phi) is 9.47. The maximum Gasteiger partial charge on any atom is 0.0387 e. The van der Waals surface area contributed by atoms with Gasteiger partial charge in [-0.3, -0.25) is 31.7 Å². The molecule has 0 saturated carbocycles. The zero-order valence-electron chi connectivity index (χ0n) is 12.1. The van der Waals surface area contributed by atoms with Crippen molar-refractivity contribution < 1.29 is 0 Å². The molecule has 0 heterocycles. The molecule has 0 aromatic heterocycles. The van der Waals surface area contributed by atoms with Crippen LogP contribution in [0.4, 0.5) is 0 Å². The third-order valence-electron chi connectivity index (χ3n) is 2.33. The number of nitrogens with zero attached hydrogens (tertiary/aromatic N) is 6. The number of nitrogens with two attached hydrogens (primary N) is 2. The van der Waals surface area contributed by atoms with Crippen LogP contribution in [-0.4, -0.2) is 74.4 Å². The highest BCUT2D eigenvalue weighted by Gasteiger charge is 1.98. The predicted octanol–water partition coefficient (Wildman–Crippen LogP) is -0.477. The van der Waals surface area contributed by atoms with Gasteiger partial charge in [-0.15, -0.1) is 0 Å². The van der Waals surface area contributed by atoms with Gasteiger partial charge in [0.2, 0.25) is 0 Å². The molecule has 0 unspecified atom stereocenters. The summed E-state index contributed by atoms with van der Waals surface area (Å²) in [4.78, 5) is 0. The molecule has 0 amide bonds. The fourth-order valence-corrected chi connectivity index (χ4v) is 1.32. The van der Waals surface area contributed by atoms with Crippen LogP contribution >= 0.6 is 0 Å². The van der Waals surface area contributed by atoms with Crippen molar-refractivity contribution >= 4 is 0 Å². The highest BCUT2D eigenvalue weighted by Crippen LogP contribution is 1.94. The molecule has 0 aliphatic rings. The first-order chi connectivity index (χ1) is 8.41. The van der Waals surface area contributed by atoms with E-state index in [1.54, 1.807) is 10.0 Å². The van der Waals surface area contributed by atoms with Crippen LogP contribution in [-0.2, 0) is 0 Å². The average Bonchev–Trinajstić information content (AvgIpc) is 2.25. The number of hydrogen-bond acceptors (Lipinski definition) is 6. The van der Waals surface area contributed by atoms with Crippen molar-refractivity contribution in [3.8, 4) is 0 Å². The van der Waals surface area contributed by atoms with Crippen LogP contribution in [0.15, 0.2) is 10.4 Å². The van der Waals surface area contributed by atoms with Gasteiger partial charge in [0.05, 0.1) is 0 Å². The minimum absolute atomic E-state index is 0.838. The normalized spacial score (nSPS) is 11.8. The summed E-state index contributed by atoms with van der Waals surface area (Å²) in [5, 5.41) is 15.2. The molecule has 0 aliphatic carbocycles. The SMILES string of the molecule is CN(N)CCCN(C)/N=N/N(C)CCCN(C)N. The lowest BCUT2D eigenvalue weighted by Gasteiger charge is -2.16. The van der Waals surface area contributed by atoms with Gasteiger partial charge in [0, 0.05) is 54.4 Å². The monoisotopic (exact) mass is 260 g/mol. The van der Waals surface area contributed by atoms with Crippen LogP contribution in [0.1, 0.15) is 12.8 Å². The molecule has 0 bridgehead atoms. The summed E-state index contributed by atoms with van der Waals surface area (Å²) >= 11 is 0. The number of rotatable bonds is 10. The van der Waals surface area contributed by atoms with Crippen molar-refractivity contribution in [3.05, 3.63) is 0 Å². The molecule has 108 valence electrons. The summed E-state index contributed by atoms with van der Waals surface area (Å²) in [6, 6.07) is 0. The van der Waals surface area contributed by atoms with Crippen molar-refractivity contribution in [1.29, 1.82) is 0 Å². The van der Waals surface area contributed by atoms with E-state index >= 15 is 0 Å². The van der Waals surface area contributed by atoms with Crippen molar-refractivity contribution in [2.75, 3.05) is 54.4 Å². The summed E-state index contributed by atoms with van der Waals surface area (Å²) in [7, 11) is 7.51. The first-order valence-corrected chi connectivity index (χ1v) is 6.17. The molecule has 0 rings (SSSR count). The Bertz CT molecular complexity index is 196. The van der Waals surface area contributed by atoms with Gasteiger partial charge >= 0.3 is 0 Å². The fraction of sp³-hybridized carbons (Fsp3) is 1.00. The Balaban J connectivity index is 3.64. The maximum atomic E-state index is 5.52. The minimum atomic E-state index is 0.838. The first kappa shape index (κ1) is 17.0. The van der Waals surface area contributed by atoms with Crippen LogP contribution < -0.4 is 11.7 Å². The van der Waals surface area contributed by atoms with Gasteiger partial charge in [0.25, 0.3) is 0 Å². The smallest absolute Gasteiger partial charge is 0.0387 e. The molecule has 0 aliphatic heterocycles. The summed E-state index contributed by atoms with van der Waals surface area (Å²) in [6.45, 7) is 3.37. The standard InChI is InChI=1S/C10H28N8/c1-15(11)7-5-9-17(3)13-14-18(4)10-6-8-16(2)12/h5-12H2,1-4H3/b14-13+. The van der Waals surface area contributed by atoms with Gasteiger partial charge in [0.1, 0.15) is 0 Å². The van der Waals surface area contributed by atoms with Crippen molar-refractivity contribution in [2.45, 2.75) is 12.8 Å². The molecule has 0 radical (unpaired) electrons. The Morgan fingerprint density at radius 3 is 1.28 bits per heavy atom. The Hall–Kier alpha value is -0.960. The van der Waals surface area contributed by atoms with Crippen LogP contribution in [0.25, 0.3) is 0 Å². The lowest BCUT2D eigenvalue weighted by atomic mass is 10.4. The summed E-state index contributed by atoms with van der Waals surface area (Å²) in [5.74, 6) is 11.0. The molecule has 0 fully saturated rings. The molecular weight excluding hydrogens is 232 g/mol. The number of hydrogen-bond donors (Lipinski definition) is 2. The fourth-order valence-electron chi connectivity index (χ4n) is 1.32. The molecule has 4 N–H and O–H groups in total. The van der Waals surface area contributed by atoms with E-state index in [-0.39, 0.29) is 0 Å². The maximum absolute atomic E-state index is 5.52. The summed E-state index contributed by atoms with van der Waals surface area (Å²) < 4.78 is 0. The Morgan fingerprint density at radius 2 is 1.00 bits per heavy atom. The van der Waals surface area contributed by atoms with Crippen LogP contribution in [0.2, 0.25) is 0 Å². The Labute approximate surface area is 110 Å². The number of hydrazine groups is 2. The second-order valence-corrected chi connectivity index (χ2v) is 4.61. The van der Waals surface area contributed by atoms with E-state index in [1.165, 1.54) is 0 Å². The second kappa shape index (κ2) is 10.0. The quantitative estimate of drug-likeness (QED) is 0.313. The third kappa shape index (κ3) is 11.5. The zero-order chi connectivity index (χ0) is 14.0. The van der Waals surface area contributed by atoms with Gasteiger partial charge in [-0.05, 0) is 12.8 Å². The lowest BCUT2D eigenvalue weighted by molar-refractivity contribution is 0.226. The molecule has 0 aromatic carbocycles. The van der Waals surface area contributed by atoms with Crippen molar-refractivity contribution in [1.82, 2.24) is 20.0 Å². The minimum Gasteiger partial charge on any atom is -0.280 e. The van der Waals surface area contributed by atoms with E-state index in [0.29, 0.717) is 0 Å². The largest absolute Gasteiger partial charge is 0.280 e. The van der Waals surface area contributed by atoms with E-state index in [0.717, 1.165) is 39.0 Å². The van der Waals surface area contributed by atoms with Crippen LogP contribution in [0, 0.1) is 0 Å². The highest BCUT2D eigenvalue weighted by atomic mass is 15.7. The van der Waals surface area contributed by atoms with Crippen LogP contribution in [0.3, 0.4) is 0 Å². The van der Waals surface area contributed by atoms with E-state index in [2.05, 4.69) is 10.4 Å². The first-order valence-electron chi connectivity index (χ1n) is 6.17. The van der Waals surface area contributed by atoms with Gasteiger partial charge in [-0.25, -0.2) is 0 Å². The molecule has 0 saturated heterocycles. The van der Waals surface area contributed by atoms with Crippen molar-refractivity contribution in [3.63, 3.8) is 0 Å². The molecular formula is C10H28N8. The topological polar surface area (TPSA) is 89.7 Å². The van der Waals surface area contributed by atoms with Gasteiger partial charge < -0.3 is 0 Å². The van der Waals surface area contributed by atoms with E-state index in [1.807, 2.05) is 38.2 Å². The van der Waals surface area contributed by atoms with Gasteiger partial charge in [-0.2, -0.15) is 0 Å². The van der Waals surface area contributed by atoms with E-state index in [9.17, 15) is 0 Å². The summed E-state index contributed by atoms with van der Waals surface area (Å²) in [5.41, 5.74) is 0. The zero-order valence-corrected chi connectivity index (χ0v) is 12.1. The molecule has 0 spiro atoms. The highest BCUT2D eigenvalue weighted by molar-refractivity contribution is 4.48. The molecule has 8 nitrogen and oxygen atoms in total. The predicted molar refractivity (Wildman–Crippen MR) is 73.0 cm³/mol. The van der Waals surface area contributed by atoms with Crippen LogP contribution in [0.5, 0.6) is 0 Å².